The molecule has 0 aromatic rings. The van der Waals surface area contributed by atoms with E-state index >= 15 is 0 Å². The molecule has 4 heteroatoms. The van der Waals surface area contributed by atoms with Crippen molar-refractivity contribution in [2.24, 2.45) is 5.92 Å². The molecule has 0 aliphatic carbocycles. The molecule has 0 radical (unpaired) electrons. The normalized spacial score (nSPS) is 12.4. The Morgan fingerprint density at radius 1 is 1.25 bits per heavy atom. The lowest BCUT2D eigenvalue weighted by Gasteiger charge is -2.15. The van der Waals surface area contributed by atoms with Gasteiger partial charge in [0.25, 0.3) is 0 Å². The molecule has 0 fully saturated rings. The Morgan fingerprint density at radius 2 is 1.75 bits per heavy atom. The highest BCUT2D eigenvalue weighted by Crippen LogP contribution is 1.99. The summed E-state index contributed by atoms with van der Waals surface area (Å²) in [6.45, 7) is 5.76. The molecule has 12 heavy (non-hydrogen) atoms. The van der Waals surface area contributed by atoms with Crippen LogP contribution in [0.4, 0.5) is 0 Å². The number of ether oxygens (including phenoxy) is 1. The number of amides is 1. The molecule has 0 saturated carbocycles. The number of hydrogen-bond acceptors (Lipinski definition) is 3. The number of hydrogen-bond donors (Lipinski definition) is 1. The van der Waals surface area contributed by atoms with Crippen LogP contribution in [0.25, 0.3) is 0 Å². The Bertz CT molecular complexity index is 177. The van der Waals surface area contributed by atoms with E-state index in [9.17, 15) is 9.59 Å². The Kier molecular flexibility index (Phi) is 4.33. The van der Waals surface area contributed by atoms with Crippen LogP contribution in [0.5, 0.6) is 0 Å². The van der Waals surface area contributed by atoms with E-state index in [-0.39, 0.29) is 6.04 Å². The number of nitrogens with one attached hydrogen (secondary N) is 1. The lowest BCUT2D eigenvalue weighted by Crippen LogP contribution is -2.40. The Hall–Kier alpha value is -1.06. The summed E-state index contributed by atoms with van der Waals surface area (Å²) in [5.41, 5.74) is 0. The van der Waals surface area contributed by atoms with E-state index in [4.69, 9.17) is 0 Å². The van der Waals surface area contributed by atoms with Gasteiger partial charge in [0.1, 0.15) is 0 Å². The number of carbonyl (C=O) groups excluding carboxylic acids is 2. The van der Waals surface area contributed by atoms with Gasteiger partial charge in [0.05, 0.1) is 7.11 Å². The maximum atomic E-state index is 10.9. The van der Waals surface area contributed by atoms with Crippen molar-refractivity contribution in [2.75, 3.05) is 7.11 Å². The molecular weight excluding hydrogens is 158 g/mol. The minimum Gasteiger partial charge on any atom is -0.462 e. The summed E-state index contributed by atoms with van der Waals surface area (Å²) < 4.78 is 4.24. The molecule has 1 atom stereocenters. The van der Waals surface area contributed by atoms with Crippen LogP contribution < -0.4 is 5.32 Å². The second-order valence-electron chi connectivity index (χ2n) is 3.00. The predicted molar refractivity (Wildman–Crippen MR) is 44.5 cm³/mol. The first-order chi connectivity index (χ1) is 5.49. The molecule has 0 aromatic heterocycles. The van der Waals surface area contributed by atoms with Crippen LogP contribution in [0.3, 0.4) is 0 Å². The number of rotatable bonds is 2. The SMILES string of the molecule is COC(=O)C(=O)NC(C)C(C)C. The van der Waals surface area contributed by atoms with Crippen molar-refractivity contribution in [3.05, 3.63) is 0 Å². The minimum atomic E-state index is -0.845. The fourth-order valence-corrected chi connectivity index (χ4v) is 0.525. The smallest absolute Gasteiger partial charge is 0.396 e. The van der Waals surface area contributed by atoms with Crippen molar-refractivity contribution < 1.29 is 14.3 Å². The lowest BCUT2D eigenvalue weighted by molar-refractivity contribution is -0.153. The van der Waals surface area contributed by atoms with Gasteiger partial charge in [-0.25, -0.2) is 4.79 Å². The summed E-state index contributed by atoms with van der Waals surface area (Å²) in [4.78, 5) is 21.5. The van der Waals surface area contributed by atoms with E-state index in [2.05, 4.69) is 10.1 Å². The second-order valence-corrected chi connectivity index (χ2v) is 3.00. The molecule has 0 bridgehead atoms. The van der Waals surface area contributed by atoms with Crippen LogP contribution in [0.1, 0.15) is 20.8 Å². The van der Waals surface area contributed by atoms with Crippen LogP contribution in [0.2, 0.25) is 0 Å². The fourth-order valence-electron chi connectivity index (χ4n) is 0.525. The molecule has 1 amide bonds. The van der Waals surface area contributed by atoms with Gasteiger partial charge < -0.3 is 10.1 Å². The van der Waals surface area contributed by atoms with Crippen LogP contribution in [0, 0.1) is 5.92 Å². The molecule has 0 aliphatic heterocycles. The molecule has 4 nitrogen and oxygen atoms in total. The third-order valence-electron chi connectivity index (χ3n) is 1.73. The summed E-state index contributed by atoms with van der Waals surface area (Å²) in [5, 5.41) is 2.52. The van der Waals surface area contributed by atoms with Crippen LogP contribution in [-0.2, 0) is 14.3 Å². The first-order valence-electron chi connectivity index (χ1n) is 3.87. The second kappa shape index (κ2) is 4.74. The molecule has 0 aromatic carbocycles. The van der Waals surface area contributed by atoms with Crippen LogP contribution in [0.15, 0.2) is 0 Å². The van der Waals surface area contributed by atoms with Gasteiger partial charge in [0, 0.05) is 6.04 Å². The van der Waals surface area contributed by atoms with Crippen molar-refractivity contribution in [1.29, 1.82) is 0 Å². The van der Waals surface area contributed by atoms with Crippen molar-refractivity contribution in [3.8, 4) is 0 Å². The van der Waals surface area contributed by atoms with Gasteiger partial charge in [0.2, 0.25) is 0 Å². The van der Waals surface area contributed by atoms with Gasteiger partial charge >= 0.3 is 11.9 Å². The molecule has 0 spiro atoms. The summed E-state index contributed by atoms with van der Waals surface area (Å²) in [5.74, 6) is -1.22. The predicted octanol–water partition coefficient (Wildman–Crippen LogP) is 0.320. The largest absolute Gasteiger partial charge is 0.462 e. The molecule has 1 N–H and O–H groups in total. The highest BCUT2D eigenvalue weighted by Gasteiger charge is 2.17. The fraction of sp³-hybridized carbons (Fsp3) is 0.750. The maximum Gasteiger partial charge on any atom is 0.396 e. The minimum absolute atomic E-state index is 0.0170. The molecule has 0 rings (SSSR count). The summed E-state index contributed by atoms with van der Waals surface area (Å²) in [7, 11) is 1.18. The summed E-state index contributed by atoms with van der Waals surface area (Å²) >= 11 is 0. The van der Waals surface area contributed by atoms with E-state index in [0.29, 0.717) is 5.92 Å². The zero-order valence-corrected chi connectivity index (χ0v) is 7.88. The monoisotopic (exact) mass is 173 g/mol. The highest BCUT2D eigenvalue weighted by molar-refractivity contribution is 6.32. The van der Waals surface area contributed by atoms with E-state index in [1.807, 2.05) is 20.8 Å². The Morgan fingerprint density at radius 3 is 2.08 bits per heavy atom. The standard InChI is InChI=1S/C8H15NO3/c1-5(2)6(3)9-7(10)8(11)12-4/h5-6H,1-4H3,(H,9,10). The van der Waals surface area contributed by atoms with Gasteiger partial charge in [-0.05, 0) is 12.8 Å². The quantitative estimate of drug-likeness (QED) is 0.483. The van der Waals surface area contributed by atoms with Crippen molar-refractivity contribution in [2.45, 2.75) is 26.8 Å². The lowest BCUT2D eigenvalue weighted by atomic mass is 10.1. The van der Waals surface area contributed by atoms with E-state index in [1.54, 1.807) is 0 Å². The molecule has 1 unspecified atom stereocenters. The van der Waals surface area contributed by atoms with Crippen molar-refractivity contribution in [3.63, 3.8) is 0 Å². The maximum absolute atomic E-state index is 10.9. The van der Waals surface area contributed by atoms with Gasteiger partial charge in [-0.1, -0.05) is 13.8 Å². The molecule has 0 aliphatic rings. The highest BCUT2D eigenvalue weighted by atomic mass is 16.5. The van der Waals surface area contributed by atoms with E-state index < -0.39 is 11.9 Å². The number of methoxy groups -OCH3 is 1. The first kappa shape index (κ1) is 10.9. The topological polar surface area (TPSA) is 55.4 Å². The molecular formula is C8H15NO3. The average Bonchev–Trinajstić information content (AvgIpc) is 2.02. The van der Waals surface area contributed by atoms with Gasteiger partial charge in [0.15, 0.2) is 0 Å². The number of carbonyl (C=O) groups is 2. The number of esters is 1. The van der Waals surface area contributed by atoms with Crippen LogP contribution in [-0.4, -0.2) is 25.0 Å². The van der Waals surface area contributed by atoms with Crippen molar-refractivity contribution >= 4 is 11.9 Å². The van der Waals surface area contributed by atoms with E-state index in [1.165, 1.54) is 7.11 Å². The van der Waals surface area contributed by atoms with Gasteiger partial charge in [-0.15, -0.1) is 0 Å². The van der Waals surface area contributed by atoms with Gasteiger partial charge in [-0.2, -0.15) is 0 Å². The molecule has 0 heterocycles. The van der Waals surface area contributed by atoms with Gasteiger partial charge in [-0.3, -0.25) is 4.79 Å². The molecule has 70 valence electrons. The average molecular weight is 173 g/mol. The Labute approximate surface area is 72.3 Å². The summed E-state index contributed by atoms with van der Waals surface area (Å²) in [6.07, 6.45) is 0. The van der Waals surface area contributed by atoms with E-state index in [0.717, 1.165) is 0 Å². The third-order valence-corrected chi connectivity index (χ3v) is 1.73. The first-order valence-corrected chi connectivity index (χ1v) is 3.87. The zero-order chi connectivity index (χ0) is 9.72. The molecule has 0 saturated heterocycles. The van der Waals surface area contributed by atoms with Crippen molar-refractivity contribution in [1.82, 2.24) is 5.32 Å². The Balaban J connectivity index is 3.92. The van der Waals surface area contributed by atoms with Crippen LogP contribution >= 0.6 is 0 Å². The summed E-state index contributed by atoms with van der Waals surface area (Å²) in [6, 6.07) is -0.0170. The third kappa shape index (κ3) is 3.37. The zero-order valence-electron chi connectivity index (χ0n) is 7.88.